The lowest BCUT2D eigenvalue weighted by Crippen LogP contribution is -2.13. The number of halogens is 2. The van der Waals surface area contributed by atoms with Gasteiger partial charge in [-0.2, -0.15) is 10.4 Å². The van der Waals surface area contributed by atoms with Gasteiger partial charge in [0.25, 0.3) is 0 Å². The highest BCUT2D eigenvalue weighted by molar-refractivity contribution is 6.37. The van der Waals surface area contributed by atoms with Crippen molar-refractivity contribution >= 4 is 29.3 Å². The molecule has 0 spiro atoms. The van der Waals surface area contributed by atoms with Crippen molar-refractivity contribution in [2.45, 2.75) is 6.54 Å². The molecule has 1 aromatic heterocycles. The van der Waals surface area contributed by atoms with Gasteiger partial charge in [0.2, 0.25) is 0 Å². The van der Waals surface area contributed by atoms with Crippen molar-refractivity contribution in [3.05, 3.63) is 51.4 Å². The normalized spacial score (nSPS) is 13.2. The first kappa shape index (κ1) is 13.0. The van der Waals surface area contributed by atoms with Crippen LogP contribution in [0.2, 0.25) is 10.0 Å². The van der Waals surface area contributed by atoms with Gasteiger partial charge in [0, 0.05) is 18.0 Å². The molecule has 2 aromatic rings. The van der Waals surface area contributed by atoms with Crippen LogP contribution in [0, 0.1) is 11.3 Å². The van der Waals surface area contributed by atoms with E-state index in [0.29, 0.717) is 27.8 Å². The summed E-state index contributed by atoms with van der Waals surface area (Å²) in [5.74, 6) is 0. The lowest BCUT2D eigenvalue weighted by atomic mass is 10.2. The van der Waals surface area contributed by atoms with Gasteiger partial charge in [0.05, 0.1) is 33.9 Å². The monoisotopic (exact) mass is 306 g/mol. The SMILES string of the molecule is N#Cc1cc(Cl)c(-n2cc3c(n2)C=CN(O)C3)c(Cl)c1. The van der Waals surface area contributed by atoms with Crippen LogP contribution in [-0.4, -0.2) is 20.1 Å². The third-order valence-electron chi connectivity index (χ3n) is 2.93. The quantitative estimate of drug-likeness (QED) is 0.878. The van der Waals surface area contributed by atoms with Crippen LogP contribution in [0.4, 0.5) is 0 Å². The Morgan fingerprint density at radius 3 is 2.65 bits per heavy atom. The lowest BCUT2D eigenvalue weighted by Gasteiger charge is -2.14. The molecule has 0 saturated heterocycles. The topological polar surface area (TPSA) is 65.1 Å². The predicted octanol–water partition coefficient (Wildman–Crippen LogP) is 3.23. The highest BCUT2D eigenvalue weighted by Gasteiger charge is 2.17. The number of rotatable bonds is 1. The zero-order chi connectivity index (χ0) is 14.3. The van der Waals surface area contributed by atoms with Crippen molar-refractivity contribution in [1.82, 2.24) is 14.8 Å². The minimum absolute atomic E-state index is 0.345. The van der Waals surface area contributed by atoms with E-state index in [9.17, 15) is 5.21 Å². The smallest absolute Gasteiger partial charge is 0.102 e. The lowest BCUT2D eigenvalue weighted by molar-refractivity contribution is -0.0495. The molecule has 100 valence electrons. The minimum atomic E-state index is 0.345. The van der Waals surface area contributed by atoms with Crippen molar-refractivity contribution in [1.29, 1.82) is 5.26 Å². The van der Waals surface area contributed by atoms with Crippen molar-refractivity contribution in [3.8, 4) is 11.8 Å². The van der Waals surface area contributed by atoms with E-state index in [1.165, 1.54) is 18.3 Å². The Hall–Kier alpha value is -2.00. The van der Waals surface area contributed by atoms with Gasteiger partial charge in [0.1, 0.15) is 5.69 Å². The van der Waals surface area contributed by atoms with Crippen LogP contribution in [0.25, 0.3) is 11.8 Å². The fourth-order valence-electron chi connectivity index (χ4n) is 2.03. The fourth-order valence-corrected chi connectivity index (χ4v) is 2.69. The van der Waals surface area contributed by atoms with Gasteiger partial charge in [-0.1, -0.05) is 23.2 Å². The van der Waals surface area contributed by atoms with Crippen molar-refractivity contribution in [2.24, 2.45) is 0 Å². The third-order valence-corrected chi connectivity index (χ3v) is 3.51. The van der Waals surface area contributed by atoms with Crippen LogP contribution in [0.5, 0.6) is 0 Å². The summed E-state index contributed by atoms with van der Waals surface area (Å²) in [4.78, 5) is 0. The second-order valence-electron chi connectivity index (χ2n) is 4.30. The Balaban J connectivity index is 2.12. The summed E-state index contributed by atoms with van der Waals surface area (Å²) in [7, 11) is 0. The van der Waals surface area contributed by atoms with Crippen LogP contribution in [-0.2, 0) is 6.54 Å². The number of aromatic nitrogens is 2. The van der Waals surface area contributed by atoms with E-state index < -0.39 is 0 Å². The van der Waals surface area contributed by atoms with E-state index in [0.717, 1.165) is 16.3 Å². The van der Waals surface area contributed by atoms with Crippen LogP contribution >= 0.6 is 23.2 Å². The molecule has 0 atom stereocenters. The van der Waals surface area contributed by atoms with Gasteiger partial charge in [-0.15, -0.1) is 0 Å². The summed E-state index contributed by atoms with van der Waals surface area (Å²) < 4.78 is 1.56. The molecule has 1 aromatic carbocycles. The zero-order valence-electron chi connectivity index (χ0n) is 10.1. The van der Waals surface area contributed by atoms with E-state index in [2.05, 4.69) is 5.10 Å². The molecule has 0 fully saturated rings. The van der Waals surface area contributed by atoms with Crippen LogP contribution in [0.1, 0.15) is 16.8 Å². The molecule has 5 nitrogen and oxygen atoms in total. The van der Waals surface area contributed by atoms with Gasteiger partial charge in [-0.05, 0) is 18.2 Å². The number of nitrogens with zero attached hydrogens (tertiary/aromatic N) is 4. The van der Waals surface area contributed by atoms with Gasteiger partial charge in [-0.25, -0.2) is 4.68 Å². The molecule has 0 unspecified atom stereocenters. The van der Waals surface area contributed by atoms with Gasteiger partial charge in [0.15, 0.2) is 0 Å². The molecule has 2 heterocycles. The Morgan fingerprint density at radius 1 is 1.30 bits per heavy atom. The molecule has 7 heteroatoms. The van der Waals surface area contributed by atoms with Gasteiger partial charge in [-0.3, -0.25) is 10.3 Å². The molecular formula is C13H8Cl2N4O. The van der Waals surface area contributed by atoms with Crippen LogP contribution in [0.3, 0.4) is 0 Å². The second kappa shape index (κ2) is 4.84. The number of hydroxylamine groups is 2. The van der Waals surface area contributed by atoms with E-state index in [4.69, 9.17) is 28.5 Å². The molecule has 0 aliphatic carbocycles. The molecule has 1 N–H and O–H groups in total. The summed E-state index contributed by atoms with van der Waals surface area (Å²) in [6, 6.07) is 5.07. The highest BCUT2D eigenvalue weighted by Crippen LogP contribution is 2.31. The average Bonchev–Trinajstić information content (AvgIpc) is 2.80. The van der Waals surface area contributed by atoms with Gasteiger partial charge < -0.3 is 0 Å². The Bertz CT molecular complexity index is 737. The van der Waals surface area contributed by atoms with E-state index in [1.807, 2.05) is 6.07 Å². The number of fused-ring (bicyclic) bond motifs is 1. The molecule has 0 radical (unpaired) electrons. The Labute approximate surface area is 124 Å². The van der Waals surface area contributed by atoms with Crippen LogP contribution < -0.4 is 0 Å². The Morgan fingerprint density at radius 2 is 2.00 bits per heavy atom. The Kier molecular flexibility index (Phi) is 3.14. The summed E-state index contributed by atoms with van der Waals surface area (Å²) in [6.45, 7) is 0.345. The maximum absolute atomic E-state index is 9.43. The molecule has 0 saturated carbocycles. The molecule has 1 aliphatic rings. The molecule has 1 aliphatic heterocycles. The summed E-state index contributed by atoms with van der Waals surface area (Å²) >= 11 is 12.3. The molecule has 20 heavy (non-hydrogen) atoms. The number of nitriles is 1. The number of benzene rings is 1. The largest absolute Gasteiger partial charge is 0.289 e. The molecular weight excluding hydrogens is 299 g/mol. The zero-order valence-corrected chi connectivity index (χ0v) is 11.6. The molecule has 3 rings (SSSR count). The van der Waals surface area contributed by atoms with Crippen LogP contribution in [0.15, 0.2) is 24.5 Å². The first-order chi connectivity index (χ1) is 9.58. The maximum Gasteiger partial charge on any atom is 0.102 e. The van der Waals surface area contributed by atoms with E-state index in [1.54, 1.807) is 17.0 Å². The average molecular weight is 307 g/mol. The van der Waals surface area contributed by atoms with Crippen molar-refractivity contribution in [2.75, 3.05) is 0 Å². The van der Waals surface area contributed by atoms with Crippen molar-refractivity contribution in [3.63, 3.8) is 0 Å². The summed E-state index contributed by atoms with van der Waals surface area (Å²) in [5.41, 5.74) is 2.50. The van der Waals surface area contributed by atoms with Crippen molar-refractivity contribution < 1.29 is 5.21 Å². The van der Waals surface area contributed by atoms with E-state index in [-0.39, 0.29) is 0 Å². The number of hydrogen-bond acceptors (Lipinski definition) is 4. The van der Waals surface area contributed by atoms with E-state index >= 15 is 0 Å². The summed E-state index contributed by atoms with van der Waals surface area (Å²) in [6.07, 6.45) is 4.98. The maximum atomic E-state index is 9.43. The molecule has 0 bridgehead atoms. The molecule has 0 amide bonds. The first-order valence-corrected chi connectivity index (χ1v) is 6.46. The third kappa shape index (κ3) is 2.14. The first-order valence-electron chi connectivity index (χ1n) is 5.70. The predicted molar refractivity (Wildman–Crippen MR) is 74.7 cm³/mol. The minimum Gasteiger partial charge on any atom is -0.289 e. The second-order valence-corrected chi connectivity index (χ2v) is 5.11. The fraction of sp³-hybridized carbons (Fsp3) is 0.0769. The highest BCUT2D eigenvalue weighted by atomic mass is 35.5. The standard InChI is InChI=1S/C13H8Cl2N4O/c14-10-3-8(5-16)4-11(15)13(10)19-7-9-6-18(20)2-1-12(9)17-19/h1-4,7,20H,6H2. The summed E-state index contributed by atoms with van der Waals surface area (Å²) in [5, 5.41) is 24.4. The van der Waals surface area contributed by atoms with Gasteiger partial charge >= 0.3 is 0 Å². The number of hydrogen-bond donors (Lipinski definition) is 1.